The Morgan fingerprint density at radius 3 is 2.17 bits per heavy atom. The van der Waals surface area contributed by atoms with Crippen LogP contribution in [0.5, 0.6) is 11.5 Å². The number of phenolic OH excluding ortho intramolecular Hbond substituents is 1. The number of methoxy groups -OCH3 is 1. The summed E-state index contributed by atoms with van der Waals surface area (Å²) in [6.07, 6.45) is 1.70. The molecule has 0 saturated heterocycles. The van der Waals surface area contributed by atoms with Gasteiger partial charge in [-0.1, -0.05) is 61.8 Å². The van der Waals surface area contributed by atoms with Gasteiger partial charge in [0.05, 0.1) is 12.8 Å². The Bertz CT molecular complexity index is 725. The van der Waals surface area contributed by atoms with Gasteiger partial charge >= 0.3 is 0 Å². The van der Waals surface area contributed by atoms with Crippen molar-refractivity contribution in [3.05, 3.63) is 51.5 Å². The zero-order valence-electron chi connectivity index (χ0n) is 14.8. The predicted molar refractivity (Wildman–Crippen MR) is 104 cm³/mol. The molecule has 0 unspecified atom stereocenters. The summed E-state index contributed by atoms with van der Waals surface area (Å²) in [4.78, 5) is 4.73. The van der Waals surface area contributed by atoms with E-state index in [1.807, 2.05) is 6.07 Å². The lowest BCUT2D eigenvalue weighted by Crippen LogP contribution is -1.96. The molecule has 24 heavy (non-hydrogen) atoms. The molecule has 1 N–H and O–H groups in total. The molecule has 0 saturated carbocycles. The molecule has 2 aromatic carbocycles. The molecule has 2 rings (SSSR count). The quantitative estimate of drug-likeness (QED) is 0.621. The number of phenols is 1. The van der Waals surface area contributed by atoms with E-state index in [0.717, 1.165) is 10.2 Å². The van der Waals surface area contributed by atoms with E-state index in [4.69, 9.17) is 9.73 Å². The standard InChI is InChI=1S/C20H24BrNO2/c1-12(2)16-7-6-8-17(13(3)4)19(16)22-11-14-9-15(21)10-18(24-5)20(14)23/h6-13,23H,1-5H3. The van der Waals surface area contributed by atoms with Crippen molar-refractivity contribution in [2.24, 2.45) is 4.99 Å². The van der Waals surface area contributed by atoms with Crippen molar-refractivity contribution in [1.29, 1.82) is 0 Å². The second-order valence-corrected chi connectivity index (χ2v) is 7.31. The number of benzene rings is 2. The van der Waals surface area contributed by atoms with Gasteiger partial charge in [-0.25, -0.2) is 0 Å². The molecule has 0 radical (unpaired) electrons. The maximum atomic E-state index is 10.3. The van der Waals surface area contributed by atoms with Crippen LogP contribution in [-0.4, -0.2) is 18.4 Å². The molecular formula is C20H24BrNO2. The fourth-order valence-corrected chi connectivity index (χ4v) is 3.10. The summed E-state index contributed by atoms with van der Waals surface area (Å²) < 4.78 is 6.03. The molecule has 4 heteroatoms. The SMILES string of the molecule is COc1cc(Br)cc(C=Nc2c(C(C)C)cccc2C(C)C)c1O. The fraction of sp³-hybridized carbons (Fsp3) is 0.350. The average molecular weight is 390 g/mol. The zero-order valence-corrected chi connectivity index (χ0v) is 16.4. The van der Waals surface area contributed by atoms with Gasteiger partial charge in [0.2, 0.25) is 0 Å². The third kappa shape index (κ3) is 3.99. The van der Waals surface area contributed by atoms with Gasteiger partial charge in [0.15, 0.2) is 11.5 Å². The first-order valence-corrected chi connectivity index (χ1v) is 8.87. The van der Waals surface area contributed by atoms with E-state index >= 15 is 0 Å². The van der Waals surface area contributed by atoms with Crippen LogP contribution >= 0.6 is 15.9 Å². The topological polar surface area (TPSA) is 41.8 Å². The van der Waals surface area contributed by atoms with E-state index < -0.39 is 0 Å². The highest BCUT2D eigenvalue weighted by atomic mass is 79.9. The number of hydrogen-bond donors (Lipinski definition) is 1. The van der Waals surface area contributed by atoms with E-state index in [-0.39, 0.29) is 5.75 Å². The van der Waals surface area contributed by atoms with E-state index in [0.29, 0.717) is 23.1 Å². The molecule has 3 nitrogen and oxygen atoms in total. The molecule has 2 aromatic rings. The molecule has 0 amide bonds. The number of ether oxygens (including phenoxy) is 1. The minimum Gasteiger partial charge on any atom is -0.504 e. The monoisotopic (exact) mass is 389 g/mol. The molecule has 0 aliphatic rings. The molecule has 0 aromatic heterocycles. The van der Waals surface area contributed by atoms with Crippen molar-refractivity contribution in [3.8, 4) is 11.5 Å². The van der Waals surface area contributed by atoms with Crippen LogP contribution < -0.4 is 4.74 Å². The molecule has 0 atom stereocenters. The van der Waals surface area contributed by atoms with Crippen LogP contribution in [0.1, 0.15) is 56.2 Å². The second-order valence-electron chi connectivity index (χ2n) is 6.40. The van der Waals surface area contributed by atoms with Crippen molar-refractivity contribution in [2.45, 2.75) is 39.5 Å². The summed E-state index contributed by atoms with van der Waals surface area (Å²) in [5.41, 5.74) is 4.02. The van der Waals surface area contributed by atoms with Crippen molar-refractivity contribution in [3.63, 3.8) is 0 Å². The van der Waals surface area contributed by atoms with Gasteiger partial charge in [-0.2, -0.15) is 0 Å². The van der Waals surface area contributed by atoms with Gasteiger partial charge < -0.3 is 9.84 Å². The normalized spacial score (nSPS) is 11.7. The van der Waals surface area contributed by atoms with E-state index in [2.05, 4.69) is 61.8 Å². The van der Waals surface area contributed by atoms with E-state index in [1.54, 1.807) is 12.3 Å². The highest BCUT2D eigenvalue weighted by molar-refractivity contribution is 9.10. The molecule has 0 heterocycles. The summed E-state index contributed by atoms with van der Waals surface area (Å²) in [5.74, 6) is 1.27. The summed E-state index contributed by atoms with van der Waals surface area (Å²) in [5, 5.41) is 10.3. The van der Waals surface area contributed by atoms with Crippen LogP contribution in [0, 0.1) is 0 Å². The van der Waals surface area contributed by atoms with Gasteiger partial charge in [0, 0.05) is 16.3 Å². The van der Waals surface area contributed by atoms with Crippen molar-refractivity contribution < 1.29 is 9.84 Å². The minimum atomic E-state index is 0.0950. The number of rotatable bonds is 5. The lowest BCUT2D eigenvalue weighted by Gasteiger charge is -2.16. The van der Waals surface area contributed by atoms with Crippen LogP contribution in [0.15, 0.2) is 39.8 Å². The van der Waals surface area contributed by atoms with Crippen molar-refractivity contribution in [2.75, 3.05) is 7.11 Å². The number of halogens is 1. The zero-order chi connectivity index (χ0) is 17.9. The number of para-hydroxylation sites is 1. The third-order valence-corrected chi connectivity index (χ3v) is 4.42. The molecular weight excluding hydrogens is 366 g/mol. The lowest BCUT2D eigenvalue weighted by atomic mass is 9.93. The Hall–Kier alpha value is -1.81. The van der Waals surface area contributed by atoms with Crippen LogP contribution in [0.2, 0.25) is 0 Å². The number of hydrogen-bond acceptors (Lipinski definition) is 3. The molecule has 0 fully saturated rings. The van der Waals surface area contributed by atoms with E-state index in [1.165, 1.54) is 18.2 Å². The lowest BCUT2D eigenvalue weighted by molar-refractivity contribution is 0.373. The largest absolute Gasteiger partial charge is 0.504 e. The number of aromatic hydroxyl groups is 1. The fourth-order valence-electron chi connectivity index (χ4n) is 2.64. The van der Waals surface area contributed by atoms with E-state index in [9.17, 15) is 5.11 Å². The summed E-state index contributed by atoms with van der Waals surface area (Å²) in [6.45, 7) is 8.66. The van der Waals surface area contributed by atoms with Crippen molar-refractivity contribution >= 4 is 27.8 Å². The first-order valence-electron chi connectivity index (χ1n) is 8.08. The number of aliphatic imine (C=N–C) groups is 1. The maximum Gasteiger partial charge on any atom is 0.166 e. The van der Waals surface area contributed by atoms with Gasteiger partial charge in [-0.3, -0.25) is 4.99 Å². The average Bonchev–Trinajstić information content (AvgIpc) is 2.54. The number of nitrogens with zero attached hydrogens (tertiary/aromatic N) is 1. The summed E-state index contributed by atoms with van der Waals surface area (Å²) in [7, 11) is 1.54. The van der Waals surface area contributed by atoms with Crippen LogP contribution in [0.3, 0.4) is 0 Å². The highest BCUT2D eigenvalue weighted by Gasteiger charge is 2.13. The first kappa shape index (κ1) is 18.5. The Balaban J connectivity index is 2.55. The molecule has 128 valence electrons. The Labute approximate surface area is 152 Å². The summed E-state index contributed by atoms with van der Waals surface area (Å²) in [6, 6.07) is 9.88. The first-order chi connectivity index (χ1) is 11.3. The molecule has 0 aliphatic carbocycles. The smallest absolute Gasteiger partial charge is 0.166 e. The van der Waals surface area contributed by atoms with Gasteiger partial charge in [-0.15, -0.1) is 0 Å². The second kappa shape index (κ2) is 7.84. The van der Waals surface area contributed by atoms with Crippen LogP contribution in [0.25, 0.3) is 0 Å². The Morgan fingerprint density at radius 1 is 1.08 bits per heavy atom. The third-order valence-electron chi connectivity index (χ3n) is 3.96. The Kier molecular flexibility index (Phi) is 6.05. The Morgan fingerprint density at radius 2 is 1.67 bits per heavy atom. The molecule has 0 aliphatic heterocycles. The summed E-state index contributed by atoms with van der Waals surface area (Å²) >= 11 is 3.44. The van der Waals surface area contributed by atoms with Crippen LogP contribution in [-0.2, 0) is 0 Å². The van der Waals surface area contributed by atoms with Crippen LogP contribution in [0.4, 0.5) is 5.69 Å². The highest BCUT2D eigenvalue weighted by Crippen LogP contribution is 2.36. The maximum absolute atomic E-state index is 10.3. The van der Waals surface area contributed by atoms with Gasteiger partial charge in [-0.05, 0) is 35.1 Å². The molecule has 0 bridgehead atoms. The molecule has 0 spiro atoms. The minimum absolute atomic E-state index is 0.0950. The van der Waals surface area contributed by atoms with Gasteiger partial charge in [0.1, 0.15) is 0 Å². The van der Waals surface area contributed by atoms with Gasteiger partial charge in [0.25, 0.3) is 0 Å². The van der Waals surface area contributed by atoms with Crippen molar-refractivity contribution in [1.82, 2.24) is 0 Å². The predicted octanol–water partition coefficient (Wildman–Crippen LogP) is 6.16.